The van der Waals surface area contributed by atoms with Crippen molar-refractivity contribution in [3.63, 3.8) is 0 Å². The van der Waals surface area contributed by atoms with E-state index in [4.69, 9.17) is 4.74 Å². The molecule has 1 aromatic carbocycles. The highest BCUT2D eigenvalue weighted by molar-refractivity contribution is 7.20. The van der Waals surface area contributed by atoms with Gasteiger partial charge in [0.15, 0.2) is 0 Å². The highest BCUT2D eigenvalue weighted by Crippen LogP contribution is 2.35. The summed E-state index contributed by atoms with van der Waals surface area (Å²) in [5.74, 6) is 1.56. The SMILES string of the molecule is Cc1c(C(=O)N2CCOc3ccccc3C2)sc2ncnc(NCc3ccccn3)c12. The van der Waals surface area contributed by atoms with Crippen LogP contribution >= 0.6 is 11.3 Å². The first-order valence-electron chi connectivity index (χ1n) is 10.1. The second kappa shape index (κ2) is 8.31. The fourth-order valence-electron chi connectivity index (χ4n) is 3.73. The fourth-order valence-corrected chi connectivity index (χ4v) is 4.85. The quantitative estimate of drug-likeness (QED) is 0.525. The van der Waals surface area contributed by atoms with Crippen LogP contribution in [-0.2, 0) is 13.1 Å². The van der Waals surface area contributed by atoms with Gasteiger partial charge >= 0.3 is 0 Å². The summed E-state index contributed by atoms with van der Waals surface area (Å²) >= 11 is 1.41. The summed E-state index contributed by atoms with van der Waals surface area (Å²) in [4.78, 5) is 30.0. The molecule has 0 spiro atoms. The van der Waals surface area contributed by atoms with Gasteiger partial charge in [0.1, 0.15) is 29.3 Å². The number of thiophene rings is 1. The number of hydrogen-bond acceptors (Lipinski definition) is 7. The summed E-state index contributed by atoms with van der Waals surface area (Å²) in [5.41, 5.74) is 2.83. The Morgan fingerprint density at radius 2 is 2.03 bits per heavy atom. The van der Waals surface area contributed by atoms with E-state index in [1.54, 1.807) is 6.20 Å². The first-order valence-corrected chi connectivity index (χ1v) is 10.9. The predicted octanol–water partition coefficient (Wildman–Crippen LogP) is 4.04. The molecule has 0 atom stereocenters. The molecule has 8 heteroatoms. The molecule has 7 nitrogen and oxygen atoms in total. The maximum atomic E-state index is 13.4. The smallest absolute Gasteiger partial charge is 0.264 e. The van der Waals surface area contributed by atoms with E-state index in [0.29, 0.717) is 36.9 Å². The fraction of sp³-hybridized carbons (Fsp3) is 0.217. The number of amides is 1. The molecular formula is C23H21N5O2S. The molecule has 1 amide bonds. The lowest BCUT2D eigenvalue weighted by Gasteiger charge is -2.19. The number of aryl methyl sites for hydroxylation is 1. The van der Waals surface area contributed by atoms with Gasteiger partial charge < -0.3 is 15.0 Å². The first kappa shape index (κ1) is 19.4. The van der Waals surface area contributed by atoms with Crippen molar-refractivity contribution in [3.05, 3.63) is 76.7 Å². The van der Waals surface area contributed by atoms with Crippen molar-refractivity contribution in [1.82, 2.24) is 19.9 Å². The monoisotopic (exact) mass is 431 g/mol. The lowest BCUT2D eigenvalue weighted by atomic mass is 10.1. The van der Waals surface area contributed by atoms with Crippen LogP contribution in [0, 0.1) is 6.92 Å². The Kier molecular flexibility index (Phi) is 5.21. The molecule has 1 aliphatic heterocycles. The molecular weight excluding hydrogens is 410 g/mol. The van der Waals surface area contributed by atoms with Crippen LogP contribution in [0.3, 0.4) is 0 Å². The molecule has 1 N–H and O–H groups in total. The highest BCUT2D eigenvalue weighted by atomic mass is 32.1. The largest absolute Gasteiger partial charge is 0.491 e. The Labute approximate surface area is 183 Å². The number of carbonyl (C=O) groups is 1. The average molecular weight is 432 g/mol. The van der Waals surface area contributed by atoms with E-state index in [1.807, 2.05) is 54.3 Å². The van der Waals surface area contributed by atoms with Crippen molar-refractivity contribution in [2.45, 2.75) is 20.0 Å². The Bertz CT molecular complexity index is 1240. The van der Waals surface area contributed by atoms with Gasteiger partial charge in [-0.25, -0.2) is 9.97 Å². The van der Waals surface area contributed by atoms with E-state index in [9.17, 15) is 4.79 Å². The van der Waals surface area contributed by atoms with Crippen molar-refractivity contribution in [1.29, 1.82) is 0 Å². The molecule has 31 heavy (non-hydrogen) atoms. The third-order valence-corrected chi connectivity index (χ3v) is 6.51. The van der Waals surface area contributed by atoms with Crippen LogP contribution in [0.4, 0.5) is 5.82 Å². The van der Waals surface area contributed by atoms with Gasteiger partial charge in [0, 0.05) is 18.3 Å². The number of pyridine rings is 1. The number of nitrogens with zero attached hydrogens (tertiary/aromatic N) is 4. The molecule has 0 bridgehead atoms. The molecule has 1 aliphatic rings. The zero-order valence-corrected chi connectivity index (χ0v) is 17.9. The number of carbonyl (C=O) groups excluding carboxylic acids is 1. The van der Waals surface area contributed by atoms with Gasteiger partial charge in [-0.3, -0.25) is 9.78 Å². The third-order valence-electron chi connectivity index (χ3n) is 5.32. The summed E-state index contributed by atoms with van der Waals surface area (Å²) in [6.07, 6.45) is 3.30. The van der Waals surface area contributed by atoms with Gasteiger partial charge in [-0.15, -0.1) is 11.3 Å². The molecule has 0 aliphatic carbocycles. The Balaban J connectivity index is 1.44. The number of benzene rings is 1. The third kappa shape index (κ3) is 3.82. The van der Waals surface area contributed by atoms with E-state index < -0.39 is 0 Å². The lowest BCUT2D eigenvalue weighted by molar-refractivity contribution is 0.0737. The lowest BCUT2D eigenvalue weighted by Crippen LogP contribution is -2.32. The number of fused-ring (bicyclic) bond motifs is 2. The number of aromatic nitrogens is 3. The minimum absolute atomic E-state index is 0.00326. The minimum Gasteiger partial charge on any atom is -0.491 e. The van der Waals surface area contributed by atoms with Gasteiger partial charge in [0.2, 0.25) is 0 Å². The van der Waals surface area contributed by atoms with Crippen LogP contribution in [0.2, 0.25) is 0 Å². The van der Waals surface area contributed by atoms with Crippen molar-refractivity contribution in [3.8, 4) is 5.75 Å². The normalized spacial score (nSPS) is 13.4. The Morgan fingerprint density at radius 1 is 1.16 bits per heavy atom. The van der Waals surface area contributed by atoms with E-state index in [0.717, 1.165) is 32.8 Å². The van der Waals surface area contributed by atoms with Crippen molar-refractivity contribution < 1.29 is 9.53 Å². The molecule has 5 rings (SSSR count). The van der Waals surface area contributed by atoms with Crippen molar-refractivity contribution >= 4 is 33.3 Å². The van der Waals surface area contributed by atoms with Crippen LogP contribution in [0.1, 0.15) is 26.5 Å². The number of anilines is 1. The van der Waals surface area contributed by atoms with Crippen LogP contribution in [0.25, 0.3) is 10.2 Å². The summed E-state index contributed by atoms with van der Waals surface area (Å²) in [5, 5.41) is 4.24. The second-order valence-electron chi connectivity index (χ2n) is 7.32. The minimum atomic E-state index is -0.00326. The summed E-state index contributed by atoms with van der Waals surface area (Å²) < 4.78 is 5.82. The van der Waals surface area contributed by atoms with Crippen molar-refractivity contribution in [2.75, 3.05) is 18.5 Å². The molecule has 0 saturated heterocycles. The Morgan fingerprint density at radius 3 is 2.90 bits per heavy atom. The van der Waals surface area contributed by atoms with Crippen LogP contribution in [0.5, 0.6) is 5.75 Å². The maximum Gasteiger partial charge on any atom is 0.264 e. The highest BCUT2D eigenvalue weighted by Gasteiger charge is 2.26. The predicted molar refractivity (Wildman–Crippen MR) is 120 cm³/mol. The zero-order valence-electron chi connectivity index (χ0n) is 17.0. The van der Waals surface area contributed by atoms with Gasteiger partial charge in [-0.1, -0.05) is 24.3 Å². The molecule has 4 aromatic rings. The Hall–Kier alpha value is -3.52. The molecule has 0 fully saturated rings. The zero-order chi connectivity index (χ0) is 21.2. The van der Waals surface area contributed by atoms with Crippen LogP contribution < -0.4 is 10.1 Å². The van der Waals surface area contributed by atoms with Gasteiger partial charge in [0.25, 0.3) is 5.91 Å². The molecule has 0 saturated carbocycles. The standard InChI is InChI=1S/C23H21N5O2S/c1-15-19-21(25-12-17-7-4-5-9-24-17)26-14-27-22(19)31-20(15)23(29)28-10-11-30-18-8-3-2-6-16(18)13-28/h2-9,14H,10-13H2,1H3,(H,25,26,27). The molecule has 4 heterocycles. The van der Waals surface area contributed by atoms with Gasteiger partial charge in [-0.05, 0) is 30.7 Å². The topological polar surface area (TPSA) is 80.2 Å². The second-order valence-corrected chi connectivity index (χ2v) is 8.32. The number of ether oxygens (including phenoxy) is 1. The van der Waals surface area contributed by atoms with E-state index in [-0.39, 0.29) is 5.91 Å². The summed E-state index contributed by atoms with van der Waals surface area (Å²) in [6.45, 7) is 4.05. The summed E-state index contributed by atoms with van der Waals surface area (Å²) in [6, 6.07) is 13.7. The number of para-hydroxylation sites is 1. The molecule has 3 aromatic heterocycles. The first-order chi connectivity index (χ1) is 15.2. The van der Waals surface area contributed by atoms with E-state index in [1.165, 1.54) is 17.7 Å². The number of hydrogen-bond donors (Lipinski definition) is 1. The van der Waals surface area contributed by atoms with Crippen molar-refractivity contribution in [2.24, 2.45) is 0 Å². The van der Waals surface area contributed by atoms with E-state index >= 15 is 0 Å². The number of rotatable bonds is 4. The van der Waals surface area contributed by atoms with Crippen LogP contribution in [-0.4, -0.2) is 38.9 Å². The molecule has 156 valence electrons. The van der Waals surface area contributed by atoms with Crippen LogP contribution in [0.15, 0.2) is 55.0 Å². The molecule has 0 unspecified atom stereocenters. The summed E-state index contributed by atoms with van der Waals surface area (Å²) in [7, 11) is 0. The maximum absolute atomic E-state index is 13.4. The van der Waals surface area contributed by atoms with Gasteiger partial charge in [-0.2, -0.15) is 0 Å². The van der Waals surface area contributed by atoms with Gasteiger partial charge in [0.05, 0.1) is 29.0 Å². The number of nitrogens with one attached hydrogen (secondary N) is 1. The average Bonchev–Trinajstić information content (AvgIpc) is 3.00. The molecule has 0 radical (unpaired) electrons. The van der Waals surface area contributed by atoms with E-state index in [2.05, 4.69) is 20.3 Å².